The first kappa shape index (κ1) is 14.2. The highest BCUT2D eigenvalue weighted by Crippen LogP contribution is 2.33. The van der Waals surface area contributed by atoms with Gasteiger partial charge in [-0.15, -0.1) is 0 Å². The molecule has 1 aromatic carbocycles. The molecular formula is C13H11BrClFN2O. The molecule has 0 spiro atoms. The van der Waals surface area contributed by atoms with Crippen LogP contribution in [0.15, 0.2) is 34.9 Å². The molecule has 2 aromatic rings. The lowest BCUT2D eigenvalue weighted by Crippen LogP contribution is -2.06. The Balaban J connectivity index is 2.24. The third kappa shape index (κ3) is 3.43. The van der Waals surface area contributed by atoms with Crippen LogP contribution in [0, 0.1) is 5.82 Å². The van der Waals surface area contributed by atoms with E-state index in [0.717, 1.165) is 5.69 Å². The van der Waals surface area contributed by atoms with Crippen LogP contribution in [0.4, 0.5) is 4.39 Å². The van der Waals surface area contributed by atoms with Crippen molar-refractivity contribution in [3.05, 3.63) is 51.5 Å². The lowest BCUT2D eigenvalue weighted by Gasteiger charge is -2.10. The molecule has 0 unspecified atom stereocenters. The van der Waals surface area contributed by atoms with Crippen molar-refractivity contribution in [2.24, 2.45) is 5.73 Å². The van der Waals surface area contributed by atoms with Gasteiger partial charge in [-0.05, 0) is 41.1 Å². The molecule has 0 bridgehead atoms. The number of rotatable bonds is 3. The number of nitrogens with two attached hydrogens (primary N) is 1. The van der Waals surface area contributed by atoms with Gasteiger partial charge in [0.05, 0.1) is 21.4 Å². The van der Waals surface area contributed by atoms with Crippen molar-refractivity contribution in [2.75, 3.05) is 0 Å². The summed E-state index contributed by atoms with van der Waals surface area (Å²) in [5.41, 5.74) is 6.46. The molecule has 3 nitrogen and oxygen atoms in total. The topological polar surface area (TPSA) is 48.1 Å². The molecule has 0 aliphatic carbocycles. The van der Waals surface area contributed by atoms with Crippen LogP contribution >= 0.6 is 27.5 Å². The minimum absolute atomic E-state index is 0.0321. The summed E-state index contributed by atoms with van der Waals surface area (Å²) in [6.45, 7) is 1.84. The van der Waals surface area contributed by atoms with Crippen molar-refractivity contribution >= 4 is 27.5 Å². The fourth-order valence-corrected chi connectivity index (χ4v) is 2.15. The monoisotopic (exact) mass is 344 g/mol. The first-order chi connectivity index (χ1) is 8.97. The molecule has 0 fully saturated rings. The van der Waals surface area contributed by atoms with Gasteiger partial charge in [-0.2, -0.15) is 0 Å². The minimum Gasteiger partial charge on any atom is -0.454 e. The van der Waals surface area contributed by atoms with Gasteiger partial charge in [-0.1, -0.05) is 11.6 Å². The van der Waals surface area contributed by atoms with Crippen molar-refractivity contribution in [2.45, 2.75) is 13.0 Å². The Hall–Kier alpha value is -1.17. The molecule has 2 N–H and O–H groups in total. The molecular weight excluding hydrogens is 335 g/mol. The second kappa shape index (κ2) is 5.86. The second-order valence-electron chi connectivity index (χ2n) is 4.01. The van der Waals surface area contributed by atoms with Gasteiger partial charge >= 0.3 is 0 Å². The highest BCUT2D eigenvalue weighted by molar-refractivity contribution is 9.10. The number of halogens is 3. The SMILES string of the molecule is C[C@H](N)c1ccc(Oc2cc(F)c(Cl)cc2Br)cn1. The van der Waals surface area contributed by atoms with E-state index in [4.69, 9.17) is 22.1 Å². The molecule has 1 atom stereocenters. The molecule has 1 aromatic heterocycles. The standard InChI is InChI=1S/C13H11BrClFN2O/c1-7(17)12-3-2-8(6-18-12)19-13-5-11(16)10(15)4-9(13)14/h2-7H,17H2,1H3/t7-/m0/s1. The van der Waals surface area contributed by atoms with Gasteiger partial charge in [0, 0.05) is 12.1 Å². The quantitative estimate of drug-likeness (QED) is 0.836. The molecule has 0 radical (unpaired) electrons. The molecule has 0 saturated carbocycles. The average Bonchev–Trinajstić information content (AvgIpc) is 2.36. The van der Waals surface area contributed by atoms with Crippen LogP contribution in [0.1, 0.15) is 18.7 Å². The van der Waals surface area contributed by atoms with E-state index in [-0.39, 0.29) is 11.1 Å². The van der Waals surface area contributed by atoms with Gasteiger partial charge in [0.15, 0.2) is 0 Å². The summed E-state index contributed by atoms with van der Waals surface area (Å²) in [5.74, 6) is 0.282. The maximum absolute atomic E-state index is 13.4. The van der Waals surface area contributed by atoms with Crippen LogP contribution < -0.4 is 10.5 Å². The van der Waals surface area contributed by atoms with Crippen LogP contribution in [0.25, 0.3) is 0 Å². The highest BCUT2D eigenvalue weighted by Gasteiger charge is 2.09. The average molecular weight is 346 g/mol. The van der Waals surface area contributed by atoms with E-state index >= 15 is 0 Å². The van der Waals surface area contributed by atoms with Crippen LogP contribution in [-0.4, -0.2) is 4.98 Å². The summed E-state index contributed by atoms with van der Waals surface area (Å²) in [6, 6.07) is 6.00. The van der Waals surface area contributed by atoms with E-state index in [1.165, 1.54) is 18.3 Å². The Labute approximate surface area is 123 Å². The summed E-state index contributed by atoms with van der Waals surface area (Å²) in [6.07, 6.45) is 1.54. The number of aromatic nitrogens is 1. The molecule has 2 rings (SSSR count). The Morgan fingerprint density at radius 1 is 1.42 bits per heavy atom. The highest BCUT2D eigenvalue weighted by atomic mass is 79.9. The first-order valence-corrected chi connectivity index (χ1v) is 6.68. The van der Waals surface area contributed by atoms with Gasteiger partial charge in [0.2, 0.25) is 0 Å². The minimum atomic E-state index is -0.542. The second-order valence-corrected chi connectivity index (χ2v) is 5.27. The van der Waals surface area contributed by atoms with Crippen molar-refractivity contribution in [3.8, 4) is 11.5 Å². The van der Waals surface area contributed by atoms with Crippen LogP contribution in [-0.2, 0) is 0 Å². The smallest absolute Gasteiger partial charge is 0.145 e. The van der Waals surface area contributed by atoms with Crippen LogP contribution in [0.5, 0.6) is 11.5 Å². The van der Waals surface area contributed by atoms with Crippen molar-refractivity contribution < 1.29 is 9.13 Å². The van der Waals surface area contributed by atoms with Gasteiger partial charge in [-0.25, -0.2) is 4.39 Å². The Morgan fingerprint density at radius 2 is 2.16 bits per heavy atom. The summed E-state index contributed by atoms with van der Waals surface area (Å²) < 4.78 is 19.5. The van der Waals surface area contributed by atoms with Crippen molar-refractivity contribution in [1.82, 2.24) is 4.98 Å². The molecule has 6 heteroatoms. The van der Waals surface area contributed by atoms with E-state index < -0.39 is 5.82 Å². The van der Waals surface area contributed by atoms with Gasteiger partial charge in [0.25, 0.3) is 0 Å². The number of ether oxygens (including phenoxy) is 1. The lowest BCUT2D eigenvalue weighted by molar-refractivity contribution is 0.470. The van der Waals surface area contributed by atoms with Crippen molar-refractivity contribution in [1.29, 1.82) is 0 Å². The number of hydrogen-bond acceptors (Lipinski definition) is 3. The predicted molar refractivity (Wildman–Crippen MR) is 76.0 cm³/mol. The maximum atomic E-state index is 13.4. The Kier molecular flexibility index (Phi) is 4.39. The van der Waals surface area contributed by atoms with E-state index in [1.807, 2.05) is 6.92 Å². The molecule has 0 amide bonds. The van der Waals surface area contributed by atoms with E-state index in [2.05, 4.69) is 20.9 Å². The van der Waals surface area contributed by atoms with Gasteiger partial charge in [-0.3, -0.25) is 4.98 Å². The normalized spacial score (nSPS) is 12.3. The van der Waals surface area contributed by atoms with E-state index in [0.29, 0.717) is 16.0 Å². The summed E-state index contributed by atoms with van der Waals surface area (Å²) in [7, 11) is 0. The van der Waals surface area contributed by atoms with Crippen LogP contribution in [0.2, 0.25) is 5.02 Å². The zero-order valence-corrected chi connectivity index (χ0v) is 12.4. The molecule has 19 heavy (non-hydrogen) atoms. The molecule has 0 saturated heterocycles. The summed E-state index contributed by atoms with van der Waals surface area (Å²) in [5, 5.41) is 0.0321. The van der Waals surface area contributed by atoms with E-state index in [9.17, 15) is 4.39 Å². The third-order valence-corrected chi connectivity index (χ3v) is 3.34. The fraction of sp³-hybridized carbons (Fsp3) is 0.154. The summed E-state index contributed by atoms with van der Waals surface area (Å²) in [4.78, 5) is 4.16. The number of benzene rings is 1. The predicted octanol–water partition coefficient (Wildman–Crippen LogP) is 4.45. The van der Waals surface area contributed by atoms with E-state index in [1.54, 1.807) is 12.1 Å². The van der Waals surface area contributed by atoms with Gasteiger partial charge in [0.1, 0.15) is 17.3 Å². The zero-order valence-electron chi connectivity index (χ0n) is 10.0. The number of nitrogens with zero attached hydrogens (tertiary/aromatic N) is 1. The first-order valence-electron chi connectivity index (χ1n) is 5.51. The molecule has 0 aliphatic rings. The summed E-state index contributed by atoms with van der Waals surface area (Å²) >= 11 is 8.92. The fourth-order valence-electron chi connectivity index (χ4n) is 1.43. The Bertz CT molecular complexity index is 590. The largest absolute Gasteiger partial charge is 0.454 e. The third-order valence-electron chi connectivity index (χ3n) is 2.43. The lowest BCUT2D eigenvalue weighted by atomic mass is 10.2. The van der Waals surface area contributed by atoms with Crippen molar-refractivity contribution in [3.63, 3.8) is 0 Å². The Morgan fingerprint density at radius 3 is 2.74 bits per heavy atom. The molecule has 0 aliphatic heterocycles. The van der Waals surface area contributed by atoms with Crippen LogP contribution in [0.3, 0.4) is 0 Å². The molecule has 1 heterocycles. The van der Waals surface area contributed by atoms with Gasteiger partial charge < -0.3 is 10.5 Å². The number of pyridine rings is 1. The molecule has 100 valence electrons. The number of hydrogen-bond donors (Lipinski definition) is 1. The maximum Gasteiger partial charge on any atom is 0.145 e. The zero-order chi connectivity index (χ0) is 14.0.